The van der Waals surface area contributed by atoms with E-state index in [4.69, 9.17) is 0 Å². The van der Waals surface area contributed by atoms with Crippen molar-refractivity contribution in [2.24, 2.45) is 0 Å². The third kappa shape index (κ3) is 1.73. The van der Waals surface area contributed by atoms with Gasteiger partial charge < -0.3 is 5.32 Å². The van der Waals surface area contributed by atoms with Crippen LogP contribution in [0.5, 0.6) is 0 Å². The SMILES string of the molecule is Cl.Fc1cccc(C2CNC2)n1. The van der Waals surface area contributed by atoms with E-state index in [1.54, 1.807) is 6.07 Å². The van der Waals surface area contributed by atoms with Crippen LogP contribution in [0.4, 0.5) is 4.39 Å². The molecule has 2 rings (SSSR count). The molecule has 0 bridgehead atoms. The molecule has 0 saturated carbocycles. The van der Waals surface area contributed by atoms with Crippen LogP contribution < -0.4 is 5.32 Å². The van der Waals surface area contributed by atoms with Crippen molar-refractivity contribution in [3.63, 3.8) is 0 Å². The number of halogens is 2. The molecule has 0 aliphatic carbocycles. The molecule has 0 spiro atoms. The van der Waals surface area contributed by atoms with Crippen LogP contribution in [-0.2, 0) is 0 Å². The molecule has 1 fully saturated rings. The fourth-order valence-corrected chi connectivity index (χ4v) is 1.15. The van der Waals surface area contributed by atoms with Gasteiger partial charge in [0.05, 0.1) is 0 Å². The van der Waals surface area contributed by atoms with Crippen molar-refractivity contribution >= 4 is 12.4 Å². The first-order valence-corrected chi connectivity index (χ1v) is 3.69. The minimum absolute atomic E-state index is 0. The zero-order valence-electron chi connectivity index (χ0n) is 6.46. The highest BCUT2D eigenvalue weighted by molar-refractivity contribution is 5.85. The maximum Gasteiger partial charge on any atom is 0.213 e. The monoisotopic (exact) mass is 188 g/mol. The lowest BCUT2D eigenvalue weighted by Crippen LogP contribution is -2.40. The summed E-state index contributed by atoms with van der Waals surface area (Å²) in [5.41, 5.74) is 0.865. The smallest absolute Gasteiger partial charge is 0.213 e. The summed E-state index contributed by atoms with van der Waals surface area (Å²) in [5, 5.41) is 3.12. The summed E-state index contributed by atoms with van der Waals surface area (Å²) in [7, 11) is 0. The van der Waals surface area contributed by atoms with Crippen molar-refractivity contribution < 1.29 is 4.39 Å². The first-order valence-electron chi connectivity index (χ1n) is 3.69. The topological polar surface area (TPSA) is 24.9 Å². The molecule has 0 amide bonds. The van der Waals surface area contributed by atoms with Crippen LogP contribution in [0.15, 0.2) is 18.2 Å². The molecule has 12 heavy (non-hydrogen) atoms. The summed E-state index contributed by atoms with van der Waals surface area (Å²) in [6, 6.07) is 4.94. The van der Waals surface area contributed by atoms with E-state index in [9.17, 15) is 4.39 Å². The molecular weight excluding hydrogens is 179 g/mol. The number of nitrogens with one attached hydrogen (secondary N) is 1. The van der Waals surface area contributed by atoms with E-state index in [0.29, 0.717) is 5.92 Å². The molecule has 2 heterocycles. The highest BCUT2D eigenvalue weighted by Gasteiger charge is 2.19. The van der Waals surface area contributed by atoms with Crippen LogP contribution in [0.2, 0.25) is 0 Å². The molecule has 1 aliphatic rings. The van der Waals surface area contributed by atoms with Crippen molar-refractivity contribution in [2.75, 3.05) is 13.1 Å². The average Bonchev–Trinajstić information content (AvgIpc) is 1.83. The molecule has 2 nitrogen and oxygen atoms in total. The zero-order valence-corrected chi connectivity index (χ0v) is 7.27. The van der Waals surface area contributed by atoms with E-state index in [2.05, 4.69) is 10.3 Å². The van der Waals surface area contributed by atoms with Crippen LogP contribution >= 0.6 is 12.4 Å². The van der Waals surface area contributed by atoms with Crippen LogP contribution in [0.1, 0.15) is 11.6 Å². The summed E-state index contributed by atoms with van der Waals surface area (Å²) in [6.45, 7) is 1.85. The van der Waals surface area contributed by atoms with Crippen LogP contribution in [0.25, 0.3) is 0 Å². The Balaban J connectivity index is 0.000000720. The van der Waals surface area contributed by atoms with E-state index >= 15 is 0 Å². The van der Waals surface area contributed by atoms with Crippen molar-refractivity contribution in [3.05, 3.63) is 29.8 Å². The van der Waals surface area contributed by atoms with Crippen molar-refractivity contribution in [2.45, 2.75) is 5.92 Å². The molecule has 66 valence electrons. The van der Waals surface area contributed by atoms with Gasteiger partial charge in [0, 0.05) is 24.7 Å². The Morgan fingerprint density at radius 1 is 1.42 bits per heavy atom. The van der Waals surface area contributed by atoms with Gasteiger partial charge in [-0.2, -0.15) is 4.39 Å². The average molecular weight is 189 g/mol. The second-order valence-electron chi connectivity index (χ2n) is 2.74. The Kier molecular flexibility index (Phi) is 3.00. The molecule has 1 aliphatic heterocycles. The van der Waals surface area contributed by atoms with Gasteiger partial charge in [-0.05, 0) is 12.1 Å². The number of hydrogen-bond donors (Lipinski definition) is 1. The summed E-state index contributed by atoms with van der Waals surface area (Å²) >= 11 is 0. The lowest BCUT2D eigenvalue weighted by atomic mass is 9.99. The fourth-order valence-electron chi connectivity index (χ4n) is 1.15. The third-order valence-electron chi connectivity index (χ3n) is 1.94. The number of aromatic nitrogens is 1. The van der Waals surface area contributed by atoms with Gasteiger partial charge in [-0.1, -0.05) is 6.07 Å². The van der Waals surface area contributed by atoms with E-state index in [1.807, 2.05) is 6.07 Å². The Labute approximate surface area is 76.6 Å². The normalized spacial score (nSPS) is 16.4. The lowest BCUT2D eigenvalue weighted by Gasteiger charge is -2.26. The van der Waals surface area contributed by atoms with Gasteiger partial charge in [-0.25, -0.2) is 4.98 Å². The molecular formula is C8H10ClFN2. The zero-order chi connectivity index (χ0) is 7.68. The van der Waals surface area contributed by atoms with Gasteiger partial charge in [-0.15, -0.1) is 12.4 Å². The first kappa shape index (κ1) is 9.42. The number of pyridine rings is 1. The van der Waals surface area contributed by atoms with E-state index < -0.39 is 0 Å². The van der Waals surface area contributed by atoms with Crippen molar-refractivity contribution in [3.8, 4) is 0 Å². The fraction of sp³-hybridized carbons (Fsp3) is 0.375. The maximum atomic E-state index is 12.6. The third-order valence-corrected chi connectivity index (χ3v) is 1.94. The first-order chi connectivity index (χ1) is 5.36. The molecule has 1 N–H and O–H groups in total. The molecule has 1 aromatic heterocycles. The van der Waals surface area contributed by atoms with Gasteiger partial charge in [0.15, 0.2) is 0 Å². The second kappa shape index (κ2) is 3.83. The lowest BCUT2D eigenvalue weighted by molar-refractivity contribution is 0.432. The largest absolute Gasteiger partial charge is 0.315 e. The van der Waals surface area contributed by atoms with E-state index in [-0.39, 0.29) is 18.4 Å². The summed E-state index contributed by atoms with van der Waals surface area (Å²) in [5.74, 6) is 0.0418. The minimum atomic E-state index is -0.380. The Morgan fingerprint density at radius 3 is 2.67 bits per heavy atom. The summed E-state index contributed by atoms with van der Waals surface area (Å²) < 4.78 is 12.6. The van der Waals surface area contributed by atoms with E-state index in [0.717, 1.165) is 18.8 Å². The predicted octanol–water partition coefficient (Wildman–Crippen LogP) is 1.33. The molecule has 0 unspecified atom stereocenters. The molecule has 0 atom stereocenters. The molecule has 0 radical (unpaired) electrons. The molecule has 0 aromatic carbocycles. The van der Waals surface area contributed by atoms with Crippen LogP contribution in [0.3, 0.4) is 0 Å². The Morgan fingerprint density at radius 2 is 2.17 bits per heavy atom. The Bertz CT molecular complexity index is 263. The summed E-state index contributed by atoms with van der Waals surface area (Å²) in [4.78, 5) is 3.79. The predicted molar refractivity (Wildman–Crippen MR) is 47.1 cm³/mol. The van der Waals surface area contributed by atoms with Crippen molar-refractivity contribution in [1.82, 2.24) is 10.3 Å². The molecule has 1 saturated heterocycles. The minimum Gasteiger partial charge on any atom is -0.315 e. The number of nitrogens with zero attached hydrogens (tertiary/aromatic N) is 1. The standard InChI is InChI=1S/C8H9FN2.ClH/c9-8-3-1-2-7(11-8)6-4-10-5-6;/h1-3,6,10H,4-5H2;1H. The van der Waals surface area contributed by atoms with Crippen LogP contribution in [-0.4, -0.2) is 18.1 Å². The second-order valence-corrected chi connectivity index (χ2v) is 2.74. The highest BCUT2D eigenvalue weighted by atomic mass is 35.5. The molecule has 1 aromatic rings. The van der Waals surface area contributed by atoms with E-state index in [1.165, 1.54) is 6.07 Å². The maximum absolute atomic E-state index is 12.6. The van der Waals surface area contributed by atoms with Crippen LogP contribution in [0, 0.1) is 5.95 Å². The Hall–Kier alpha value is -0.670. The quantitative estimate of drug-likeness (QED) is 0.673. The van der Waals surface area contributed by atoms with Gasteiger partial charge in [0.2, 0.25) is 5.95 Å². The number of hydrogen-bond acceptors (Lipinski definition) is 2. The van der Waals surface area contributed by atoms with Gasteiger partial charge >= 0.3 is 0 Å². The number of rotatable bonds is 1. The van der Waals surface area contributed by atoms with Gasteiger partial charge in [0.25, 0.3) is 0 Å². The molecule has 4 heteroatoms. The van der Waals surface area contributed by atoms with Gasteiger partial charge in [-0.3, -0.25) is 0 Å². The highest BCUT2D eigenvalue weighted by Crippen LogP contribution is 2.16. The summed E-state index contributed by atoms with van der Waals surface area (Å²) in [6.07, 6.45) is 0. The van der Waals surface area contributed by atoms with Crippen molar-refractivity contribution in [1.29, 1.82) is 0 Å². The van der Waals surface area contributed by atoms with Gasteiger partial charge in [0.1, 0.15) is 0 Å².